The number of imide groups is 1. The molecule has 3 aliphatic heterocycles. The van der Waals surface area contributed by atoms with Crippen LogP contribution in [0.4, 0.5) is 0 Å². The van der Waals surface area contributed by atoms with Crippen molar-refractivity contribution in [1.82, 2.24) is 14.5 Å². The minimum absolute atomic E-state index is 0.0301. The highest BCUT2D eigenvalue weighted by Gasteiger charge is 2.50. The Balaban J connectivity index is 1.40. The first-order valence-corrected chi connectivity index (χ1v) is 13.5. The second kappa shape index (κ2) is 9.11. The summed E-state index contributed by atoms with van der Waals surface area (Å²) < 4.78 is 12.8. The van der Waals surface area contributed by atoms with E-state index in [1.807, 2.05) is 26.0 Å². The van der Waals surface area contributed by atoms with Gasteiger partial charge in [0.05, 0.1) is 35.4 Å². The summed E-state index contributed by atoms with van der Waals surface area (Å²) in [5, 5.41) is 1.02. The zero-order valence-corrected chi connectivity index (χ0v) is 22.8. The molecule has 1 fully saturated rings. The van der Waals surface area contributed by atoms with Crippen LogP contribution >= 0.6 is 0 Å². The number of likely N-dealkylation sites (tertiary alicyclic amines) is 1. The maximum atomic E-state index is 13.8. The summed E-state index contributed by atoms with van der Waals surface area (Å²) in [7, 11) is 0. The Bertz CT molecular complexity index is 1720. The molecule has 3 aliphatic rings. The standard InChI is InChI=1S/C30H29N3O7/c1-5-30(40-25(35)8-9-32-24(34)11-16(3)27(32)36)21-12-23-26-19(13-33(23)28(37)20(21)14-39-29(30)38)17(4)18-10-15(2)6-7-22(18)31-26/h6-7,10,12,16H,5,8-9,11,13-14H2,1-4H3/t16?,30-/m0/s1. The van der Waals surface area contributed by atoms with Crippen molar-refractivity contribution in [2.45, 2.75) is 65.7 Å². The van der Waals surface area contributed by atoms with Crippen molar-refractivity contribution in [3.63, 3.8) is 0 Å². The van der Waals surface area contributed by atoms with Gasteiger partial charge in [-0.25, -0.2) is 9.78 Å². The number of nitrogens with zero attached hydrogens (tertiary/aromatic N) is 3. The van der Waals surface area contributed by atoms with Crippen molar-refractivity contribution in [3.05, 3.63) is 62.4 Å². The maximum absolute atomic E-state index is 13.8. The fraction of sp³-hybridized carbons (Fsp3) is 0.400. The van der Waals surface area contributed by atoms with Crippen molar-refractivity contribution in [2.24, 2.45) is 5.92 Å². The van der Waals surface area contributed by atoms with E-state index < -0.39 is 23.5 Å². The van der Waals surface area contributed by atoms with Crippen LogP contribution in [0.25, 0.3) is 22.3 Å². The molecule has 2 atom stereocenters. The van der Waals surface area contributed by atoms with Gasteiger partial charge in [-0.05, 0) is 44.0 Å². The third kappa shape index (κ3) is 3.69. The van der Waals surface area contributed by atoms with Crippen LogP contribution in [0.5, 0.6) is 0 Å². The Kier molecular flexibility index (Phi) is 5.90. The Morgan fingerprint density at radius 2 is 1.93 bits per heavy atom. The molecule has 0 bridgehead atoms. The number of fused-ring (bicyclic) bond motifs is 5. The van der Waals surface area contributed by atoms with E-state index in [-0.39, 0.29) is 60.9 Å². The second-order valence-electron chi connectivity index (χ2n) is 10.9. The molecule has 40 heavy (non-hydrogen) atoms. The Labute approximate surface area is 229 Å². The summed E-state index contributed by atoms with van der Waals surface area (Å²) in [5.74, 6) is -2.65. The van der Waals surface area contributed by atoms with Gasteiger partial charge < -0.3 is 14.0 Å². The van der Waals surface area contributed by atoms with Gasteiger partial charge in [0, 0.05) is 35.4 Å². The van der Waals surface area contributed by atoms with Crippen LogP contribution in [0.3, 0.4) is 0 Å². The highest BCUT2D eigenvalue weighted by molar-refractivity contribution is 6.03. The molecule has 1 saturated heterocycles. The molecule has 10 heteroatoms. The second-order valence-corrected chi connectivity index (χ2v) is 10.9. The van der Waals surface area contributed by atoms with E-state index in [0.29, 0.717) is 17.9 Å². The van der Waals surface area contributed by atoms with Crippen LogP contribution in [0.2, 0.25) is 0 Å². The number of ether oxygens (including phenoxy) is 2. The Morgan fingerprint density at radius 3 is 2.62 bits per heavy atom. The van der Waals surface area contributed by atoms with E-state index in [0.717, 1.165) is 32.5 Å². The molecule has 0 aliphatic carbocycles. The first kappa shape index (κ1) is 25.9. The molecule has 10 nitrogen and oxygen atoms in total. The monoisotopic (exact) mass is 543 g/mol. The largest absolute Gasteiger partial charge is 0.457 e. The number of cyclic esters (lactones) is 1. The summed E-state index contributed by atoms with van der Waals surface area (Å²) in [6.45, 7) is 7.33. The van der Waals surface area contributed by atoms with E-state index in [1.54, 1.807) is 24.5 Å². The molecule has 3 aromatic rings. The molecule has 2 amide bonds. The van der Waals surface area contributed by atoms with E-state index in [1.165, 1.54) is 0 Å². The predicted octanol–water partition coefficient (Wildman–Crippen LogP) is 3.03. The van der Waals surface area contributed by atoms with Gasteiger partial charge in [-0.1, -0.05) is 25.5 Å². The minimum Gasteiger partial charge on any atom is -0.457 e. The lowest BCUT2D eigenvalue weighted by molar-refractivity contribution is -0.189. The van der Waals surface area contributed by atoms with Gasteiger partial charge in [0.1, 0.15) is 6.61 Å². The summed E-state index contributed by atoms with van der Waals surface area (Å²) >= 11 is 0. The molecule has 2 aromatic heterocycles. The number of carbonyl (C=O) groups is 4. The minimum atomic E-state index is -1.84. The van der Waals surface area contributed by atoms with E-state index >= 15 is 0 Å². The smallest absolute Gasteiger partial charge is 0.355 e. The van der Waals surface area contributed by atoms with Gasteiger partial charge in [0.25, 0.3) is 5.56 Å². The van der Waals surface area contributed by atoms with E-state index in [4.69, 9.17) is 14.5 Å². The molecule has 0 radical (unpaired) electrons. The van der Waals surface area contributed by atoms with Gasteiger partial charge >= 0.3 is 11.9 Å². The fourth-order valence-corrected chi connectivity index (χ4v) is 6.08. The molecular formula is C30H29N3O7. The number of pyridine rings is 2. The van der Waals surface area contributed by atoms with Gasteiger partial charge in [0.2, 0.25) is 17.4 Å². The summed E-state index contributed by atoms with van der Waals surface area (Å²) in [4.78, 5) is 70.4. The topological polar surface area (TPSA) is 125 Å². The lowest BCUT2D eigenvalue weighted by Crippen LogP contribution is -2.47. The summed E-state index contributed by atoms with van der Waals surface area (Å²) in [5.41, 5.74) is 3.46. The van der Waals surface area contributed by atoms with Crippen LogP contribution in [0.1, 0.15) is 60.9 Å². The van der Waals surface area contributed by atoms with E-state index in [2.05, 4.69) is 6.07 Å². The molecule has 6 rings (SSSR count). The molecule has 1 aromatic carbocycles. The normalized spacial score (nSPS) is 21.4. The first-order chi connectivity index (χ1) is 19.1. The summed E-state index contributed by atoms with van der Waals surface area (Å²) in [6, 6.07) is 7.73. The third-order valence-electron chi connectivity index (χ3n) is 8.39. The average Bonchev–Trinajstić information content (AvgIpc) is 3.41. The van der Waals surface area contributed by atoms with Crippen LogP contribution in [-0.2, 0) is 47.4 Å². The number of aromatic nitrogens is 2. The number of aryl methyl sites for hydroxylation is 2. The van der Waals surface area contributed by atoms with Gasteiger partial charge in [-0.2, -0.15) is 0 Å². The Hall–Kier alpha value is -4.34. The first-order valence-electron chi connectivity index (χ1n) is 13.5. The average molecular weight is 544 g/mol. The van der Waals surface area contributed by atoms with Crippen LogP contribution in [0.15, 0.2) is 29.1 Å². The molecular weight excluding hydrogens is 514 g/mol. The molecule has 5 heterocycles. The third-order valence-corrected chi connectivity index (χ3v) is 8.39. The van der Waals surface area contributed by atoms with Crippen molar-refractivity contribution in [2.75, 3.05) is 6.54 Å². The lowest BCUT2D eigenvalue weighted by atomic mass is 9.85. The molecule has 206 valence electrons. The molecule has 0 saturated carbocycles. The quantitative estimate of drug-likeness (QED) is 0.278. The van der Waals surface area contributed by atoms with Crippen LogP contribution in [0, 0.1) is 19.8 Å². The van der Waals surface area contributed by atoms with Gasteiger partial charge in [0.15, 0.2) is 0 Å². The maximum Gasteiger partial charge on any atom is 0.355 e. The molecule has 1 unspecified atom stereocenters. The number of rotatable bonds is 5. The highest BCUT2D eigenvalue weighted by atomic mass is 16.6. The number of amides is 2. The van der Waals surface area contributed by atoms with Crippen molar-refractivity contribution in [1.29, 1.82) is 0 Å². The predicted molar refractivity (Wildman–Crippen MR) is 143 cm³/mol. The molecule has 0 N–H and O–H groups in total. The van der Waals surface area contributed by atoms with Crippen LogP contribution < -0.4 is 5.56 Å². The zero-order valence-electron chi connectivity index (χ0n) is 22.8. The summed E-state index contributed by atoms with van der Waals surface area (Å²) in [6.07, 6.45) is -0.152. The van der Waals surface area contributed by atoms with Crippen molar-refractivity contribution in [3.8, 4) is 11.4 Å². The highest BCUT2D eigenvalue weighted by Crippen LogP contribution is 2.42. The number of hydrogen-bond donors (Lipinski definition) is 0. The lowest BCUT2D eigenvalue weighted by Gasteiger charge is -2.35. The number of benzene rings is 1. The number of esters is 2. The van der Waals surface area contributed by atoms with E-state index in [9.17, 15) is 24.0 Å². The number of carbonyl (C=O) groups excluding carboxylic acids is 4. The van der Waals surface area contributed by atoms with Crippen molar-refractivity contribution >= 4 is 34.7 Å². The van der Waals surface area contributed by atoms with Gasteiger partial charge in [-0.3, -0.25) is 24.1 Å². The number of hydrogen-bond acceptors (Lipinski definition) is 8. The van der Waals surface area contributed by atoms with Crippen LogP contribution in [-0.4, -0.2) is 44.7 Å². The van der Waals surface area contributed by atoms with Crippen molar-refractivity contribution < 1.29 is 28.7 Å². The fourth-order valence-electron chi connectivity index (χ4n) is 6.08. The molecule has 0 spiro atoms. The SMILES string of the molecule is CC[C@@]1(OC(=O)CCN2C(=O)CC(C)C2=O)C(=O)OCc2c1cc1n(c2=O)Cc2c-1nc1ccc(C)cc1c2C. The zero-order chi connectivity index (χ0) is 28.5. The van der Waals surface area contributed by atoms with Gasteiger partial charge in [-0.15, -0.1) is 0 Å². The Morgan fingerprint density at radius 1 is 1.15 bits per heavy atom.